The summed E-state index contributed by atoms with van der Waals surface area (Å²) in [5.41, 5.74) is 3.20. The Balaban J connectivity index is 1.91. The van der Waals surface area contributed by atoms with E-state index >= 15 is 0 Å². The summed E-state index contributed by atoms with van der Waals surface area (Å²) >= 11 is 6.57. The molecule has 32 heavy (non-hydrogen) atoms. The number of carbonyl (C=O) groups is 2. The molecule has 0 aliphatic carbocycles. The van der Waals surface area contributed by atoms with Gasteiger partial charge in [0.1, 0.15) is 5.82 Å². The molecular formula is C25H24ClN3O3. The molecule has 2 heterocycles. The normalized spacial score (nSPS) is 15.2. The van der Waals surface area contributed by atoms with Gasteiger partial charge in [-0.1, -0.05) is 61.3 Å². The number of nitrogens with one attached hydrogen (secondary N) is 1. The van der Waals surface area contributed by atoms with Crippen molar-refractivity contribution in [2.75, 3.05) is 11.9 Å². The Labute approximate surface area is 191 Å². The molecule has 0 saturated carbocycles. The number of allylic oxidation sites excluding steroid dienone is 1. The molecule has 4 rings (SSSR count). The fraction of sp³-hybridized carbons (Fsp3) is 0.240. The molecule has 1 N–H and O–H groups in total. The molecule has 0 bridgehead atoms. The van der Waals surface area contributed by atoms with Crippen LogP contribution in [-0.2, 0) is 9.53 Å². The minimum Gasteiger partial charge on any atom is -0.463 e. The summed E-state index contributed by atoms with van der Waals surface area (Å²) in [6.45, 7) is 4.07. The Morgan fingerprint density at radius 2 is 1.78 bits per heavy atom. The number of ether oxygens (including phenoxy) is 1. The van der Waals surface area contributed by atoms with Crippen LogP contribution in [0.1, 0.15) is 54.1 Å². The predicted octanol–water partition coefficient (Wildman–Crippen LogP) is 5.40. The van der Waals surface area contributed by atoms with Crippen LogP contribution in [0.15, 0.2) is 72.1 Å². The van der Waals surface area contributed by atoms with Crippen LogP contribution in [0, 0.1) is 0 Å². The van der Waals surface area contributed by atoms with Crippen LogP contribution in [-0.4, -0.2) is 28.3 Å². The fourth-order valence-electron chi connectivity index (χ4n) is 4.02. The number of hydrogen-bond acceptors (Lipinski definition) is 5. The van der Waals surface area contributed by atoms with Gasteiger partial charge in [0, 0.05) is 27.8 Å². The smallest absolute Gasteiger partial charge is 0.336 e. The summed E-state index contributed by atoms with van der Waals surface area (Å²) < 4.78 is 6.77. The maximum Gasteiger partial charge on any atom is 0.336 e. The van der Waals surface area contributed by atoms with Crippen LogP contribution >= 0.6 is 11.6 Å². The number of fused-ring (bicyclic) bond motifs is 1. The molecule has 2 aromatic carbocycles. The number of halogens is 1. The highest BCUT2D eigenvalue weighted by atomic mass is 35.5. The number of nitrogens with zero attached hydrogens (tertiary/aromatic N) is 2. The zero-order valence-electron chi connectivity index (χ0n) is 18.0. The number of carbonyl (C=O) groups excluding carboxylic acids is 2. The lowest BCUT2D eigenvalue weighted by atomic mass is 9.82. The van der Waals surface area contributed by atoms with Crippen molar-refractivity contribution in [3.63, 3.8) is 0 Å². The first kappa shape index (κ1) is 21.8. The number of aromatic nitrogens is 2. The Bertz CT molecular complexity index is 1180. The van der Waals surface area contributed by atoms with E-state index in [4.69, 9.17) is 16.3 Å². The molecule has 6 nitrogen and oxygen atoms in total. The van der Waals surface area contributed by atoms with E-state index in [0.717, 1.165) is 12.0 Å². The lowest BCUT2D eigenvalue weighted by Crippen LogP contribution is -2.27. The molecule has 1 aromatic heterocycles. The number of hydrogen-bond donors (Lipinski definition) is 1. The molecule has 0 saturated heterocycles. The summed E-state index contributed by atoms with van der Waals surface area (Å²) in [5, 5.41) is 8.25. The first-order valence-electron chi connectivity index (χ1n) is 10.7. The number of anilines is 1. The van der Waals surface area contributed by atoms with Gasteiger partial charge in [-0.15, -0.1) is 0 Å². The van der Waals surface area contributed by atoms with Crippen molar-refractivity contribution < 1.29 is 14.3 Å². The maximum absolute atomic E-state index is 13.2. The average molecular weight is 450 g/mol. The van der Waals surface area contributed by atoms with E-state index in [0.29, 0.717) is 39.7 Å². The summed E-state index contributed by atoms with van der Waals surface area (Å²) in [4.78, 5) is 26.3. The van der Waals surface area contributed by atoms with Crippen molar-refractivity contribution in [2.24, 2.45) is 0 Å². The van der Waals surface area contributed by atoms with Crippen LogP contribution in [0.5, 0.6) is 0 Å². The second kappa shape index (κ2) is 9.40. The zero-order chi connectivity index (χ0) is 22.7. The molecule has 0 radical (unpaired) electrons. The number of esters is 1. The lowest BCUT2D eigenvalue weighted by molar-refractivity contribution is -0.138. The molecule has 1 aliphatic heterocycles. The Kier molecular flexibility index (Phi) is 6.42. The minimum atomic E-state index is -0.502. The second-order valence-electron chi connectivity index (χ2n) is 7.47. The highest BCUT2D eigenvalue weighted by molar-refractivity contribution is 6.31. The number of rotatable bonds is 6. The molecule has 164 valence electrons. The molecule has 1 aliphatic rings. The van der Waals surface area contributed by atoms with Gasteiger partial charge >= 0.3 is 5.97 Å². The topological polar surface area (TPSA) is 73.2 Å². The van der Waals surface area contributed by atoms with E-state index in [1.54, 1.807) is 31.3 Å². The third-order valence-corrected chi connectivity index (χ3v) is 5.76. The molecule has 3 aromatic rings. The van der Waals surface area contributed by atoms with Crippen molar-refractivity contribution in [2.45, 2.75) is 32.6 Å². The second-order valence-corrected chi connectivity index (χ2v) is 7.88. The summed E-state index contributed by atoms with van der Waals surface area (Å²) in [6, 6.07) is 16.4. The monoisotopic (exact) mass is 449 g/mol. The van der Waals surface area contributed by atoms with Gasteiger partial charge in [-0.3, -0.25) is 4.79 Å². The summed E-state index contributed by atoms with van der Waals surface area (Å²) in [7, 11) is 0. The van der Waals surface area contributed by atoms with Crippen LogP contribution in [0.3, 0.4) is 0 Å². The van der Waals surface area contributed by atoms with Crippen molar-refractivity contribution >= 4 is 29.3 Å². The van der Waals surface area contributed by atoms with Gasteiger partial charge in [0.15, 0.2) is 0 Å². The third-order valence-electron chi connectivity index (χ3n) is 5.42. The van der Waals surface area contributed by atoms with Gasteiger partial charge < -0.3 is 10.1 Å². The fourth-order valence-corrected chi connectivity index (χ4v) is 4.27. The standard InChI is InChI=1S/C25H24ClN3O3/c1-3-10-20-22(25(31)32-4-2)21(17-13-8-9-14-19(17)26)18-15-27-29(23(18)28-20)24(30)16-11-6-5-7-12-16/h5-9,11-15,21,28H,3-4,10H2,1-2H3. The lowest BCUT2D eigenvalue weighted by Gasteiger charge is -2.30. The van der Waals surface area contributed by atoms with E-state index in [-0.39, 0.29) is 12.5 Å². The van der Waals surface area contributed by atoms with Crippen LogP contribution in [0.2, 0.25) is 5.02 Å². The van der Waals surface area contributed by atoms with Crippen LogP contribution in [0.25, 0.3) is 0 Å². The van der Waals surface area contributed by atoms with Gasteiger partial charge in [-0.05, 0) is 37.1 Å². The van der Waals surface area contributed by atoms with E-state index in [1.165, 1.54) is 4.68 Å². The number of benzene rings is 2. The quantitative estimate of drug-likeness (QED) is 0.510. The summed E-state index contributed by atoms with van der Waals surface area (Å²) in [6.07, 6.45) is 3.04. The van der Waals surface area contributed by atoms with Crippen molar-refractivity contribution in [1.82, 2.24) is 9.78 Å². The van der Waals surface area contributed by atoms with Crippen molar-refractivity contribution in [3.8, 4) is 0 Å². The molecule has 1 atom stereocenters. The van der Waals surface area contributed by atoms with E-state index < -0.39 is 11.9 Å². The first-order valence-corrected chi connectivity index (χ1v) is 11.0. The van der Waals surface area contributed by atoms with Crippen molar-refractivity contribution in [1.29, 1.82) is 0 Å². The Morgan fingerprint density at radius 3 is 2.47 bits per heavy atom. The Hall–Kier alpha value is -3.38. The van der Waals surface area contributed by atoms with Crippen molar-refractivity contribution in [3.05, 3.63) is 93.8 Å². The van der Waals surface area contributed by atoms with E-state index in [9.17, 15) is 9.59 Å². The molecule has 0 fully saturated rings. The van der Waals surface area contributed by atoms with Gasteiger partial charge in [0.05, 0.1) is 18.4 Å². The van der Waals surface area contributed by atoms with Gasteiger partial charge in [-0.2, -0.15) is 9.78 Å². The maximum atomic E-state index is 13.2. The summed E-state index contributed by atoms with van der Waals surface area (Å²) in [5.74, 6) is -0.619. The van der Waals surface area contributed by atoms with E-state index in [1.807, 2.05) is 43.3 Å². The highest BCUT2D eigenvalue weighted by Crippen LogP contribution is 2.45. The van der Waals surface area contributed by atoms with Crippen LogP contribution in [0.4, 0.5) is 5.82 Å². The highest BCUT2D eigenvalue weighted by Gasteiger charge is 2.38. The van der Waals surface area contributed by atoms with Gasteiger partial charge in [0.25, 0.3) is 5.91 Å². The Morgan fingerprint density at radius 1 is 1.06 bits per heavy atom. The molecule has 1 unspecified atom stereocenters. The zero-order valence-corrected chi connectivity index (χ0v) is 18.7. The molecule has 7 heteroatoms. The van der Waals surface area contributed by atoms with Crippen LogP contribution < -0.4 is 5.32 Å². The minimum absolute atomic E-state index is 0.257. The van der Waals surface area contributed by atoms with E-state index in [2.05, 4.69) is 10.4 Å². The molecule has 0 amide bonds. The average Bonchev–Trinajstić information content (AvgIpc) is 3.23. The van der Waals surface area contributed by atoms with Gasteiger partial charge in [0.2, 0.25) is 0 Å². The van der Waals surface area contributed by atoms with Gasteiger partial charge in [-0.25, -0.2) is 4.79 Å². The molecule has 0 spiro atoms. The molecular weight excluding hydrogens is 426 g/mol. The third kappa shape index (κ3) is 3.94. The predicted molar refractivity (Wildman–Crippen MR) is 124 cm³/mol. The SMILES string of the molecule is CCCC1=C(C(=O)OCC)C(c2ccccc2Cl)c2cnn(C(=O)c3ccccc3)c2N1. The first-order chi connectivity index (χ1) is 15.6. The largest absolute Gasteiger partial charge is 0.463 e.